The second kappa shape index (κ2) is 23.4. The summed E-state index contributed by atoms with van der Waals surface area (Å²) in [5, 5.41) is 3.27. The zero-order valence-corrected chi connectivity index (χ0v) is 47.2. The van der Waals surface area contributed by atoms with Gasteiger partial charge in [-0.2, -0.15) is 33.7 Å². The van der Waals surface area contributed by atoms with Gasteiger partial charge in [0.25, 0.3) is 52.3 Å². The predicted octanol–water partition coefficient (Wildman–Crippen LogP) is 7.05. The van der Waals surface area contributed by atoms with Crippen LogP contribution in [0.25, 0.3) is 16.3 Å². The molecule has 0 saturated carbocycles. The number of anilines is 1. The first-order chi connectivity index (χ1) is 36.3. The van der Waals surface area contributed by atoms with E-state index in [1.54, 1.807) is 12.3 Å². The number of hydrogen-bond donors (Lipinski definition) is 5. The van der Waals surface area contributed by atoms with Gasteiger partial charge in [0.1, 0.15) is 11.1 Å². The van der Waals surface area contributed by atoms with Gasteiger partial charge in [-0.15, -0.1) is 0 Å². The SMILES string of the molecule is CC1(C)C(/C=C/C(=C/C=C2\N(CCCCS(=O)(=O)O)c3ccc4c(S(=O)(=O)O)cc(S(=O)(=O)O)cc4c3C2(C)C)c2cccc(CCCCC(=O)NCCN3C(=O)C=CC3=O)c2)=Nc2c1cc(Cl)c[n+]2CCCCS(=O)(=O)O. The van der Waals surface area contributed by atoms with Crippen molar-refractivity contribution in [1.29, 1.82) is 0 Å². The first kappa shape index (κ1) is 59.7. The molecular weight excluding hydrogens is 1110 g/mol. The first-order valence-electron chi connectivity index (χ1n) is 24.9. The van der Waals surface area contributed by atoms with Crippen LogP contribution >= 0.6 is 11.6 Å². The summed E-state index contributed by atoms with van der Waals surface area (Å²) in [6.07, 6.45) is 14.4. The number of aliphatic imine (C=N–C) groups is 1. The first-order valence-corrected chi connectivity index (χ1v) is 31.4. The lowest BCUT2D eigenvalue weighted by Crippen LogP contribution is -2.38. The number of fused-ring (bicyclic) bond motifs is 4. The van der Waals surface area contributed by atoms with Gasteiger partial charge in [-0.1, -0.05) is 67.9 Å². The highest BCUT2D eigenvalue weighted by atomic mass is 35.5. The van der Waals surface area contributed by atoms with Crippen LogP contribution in [0.4, 0.5) is 11.5 Å². The van der Waals surface area contributed by atoms with Gasteiger partial charge in [0, 0.05) is 60.4 Å². The van der Waals surface area contributed by atoms with E-state index in [9.17, 15) is 66.3 Å². The molecule has 7 rings (SSSR count). The summed E-state index contributed by atoms with van der Waals surface area (Å²) in [5.74, 6) is -1.38. The summed E-state index contributed by atoms with van der Waals surface area (Å²) in [6.45, 7) is 8.36. The Balaban J connectivity index is 1.28. The highest BCUT2D eigenvalue weighted by molar-refractivity contribution is 7.87. The number of pyridine rings is 1. The molecule has 1 aromatic heterocycles. The maximum Gasteiger partial charge on any atom is 0.327 e. The number of rotatable bonds is 24. The van der Waals surface area contributed by atoms with E-state index in [1.165, 1.54) is 18.2 Å². The molecule has 78 heavy (non-hydrogen) atoms. The minimum atomic E-state index is -5.04. The van der Waals surface area contributed by atoms with Gasteiger partial charge in [0.15, 0.2) is 5.71 Å². The number of unbranched alkanes of at least 4 members (excludes halogenated alkanes) is 3. The summed E-state index contributed by atoms with van der Waals surface area (Å²) < 4.78 is 138. The third-order valence-electron chi connectivity index (χ3n) is 14.0. The molecule has 4 aromatic rings. The lowest BCUT2D eigenvalue weighted by atomic mass is 9.80. The molecule has 0 radical (unpaired) electrons. The minimum absolute atomic E-state index is 0.0201. The number of aryl methyl sites for hydroxylation is 2. The Hall–Kier alpha value is -5.96. The van der Waals surface area contributed by atoms with Gasteiger partial charge in [0.2, 0.25) is 5.91 Å². The zero-order valence-electron chi connectivity index (χ0n) is 43.2. The van der Waals surface area contributed by atoms with Gasteiger partial charge >= 0.3 is 5.82 Å². The van der Waals surface area contributed by atoms with Gasteiger partial charge in [-0.05, 0) is 128 Å². The molecule has 0 atom stereocenters. The van der Waals surface area contributed by atoms with Crippen molar-refractivity contribution in [2.75, 3.05) is 36.0 Å². The summed E-state index contributed by atoms with van der Waals surface area (Å²) in [4.78, 5) is 42.9. The summed E-state index contributed by atoms with van der Waals surface area (Å²) >= 11 is 6.64. The van der Waals surface area contributed by atoms with Crippen LogP contribution in [-0.2, 0) is 78.7 Å². The van der Waals surface area contributed by atoms with E-state index in [0.29, 0.717) is 77.4 Å². The number of aromatic nitrogens is 1. The number of hydrogen-bond acceptors (Lipinski definition) is 13. The fraction of sp³-hybridized carbons (Fsp3) is 0.377. The highest BCUT2D eigenvalue weighted by Gasteiger charge is 2.44. The van der Waals surface area contributed by atoms with Crippen molar-refractivity contribution < 1.29 is 70.8 Å². The lowest BCUT2D eigenvalue weighted by Gasteiger charge is -2.27. The Morgan fingerprint density at radius 2 is 1.44 bits per heavy atom. The monoisotopic (exact) mass is 1170 g/mol. The second-order valence-corrected chi connectivity index (χ2v) is 26.7. The van der Waals surface area contributed by atoms with Crippen LogP contribution in [0, 0.1) is 0 Å². The van der Waals surface area contributed by atoms with Crippen LogP contribution in [0.5, 0.6) is 0 Å². The molecule has 3 aliphatic rings. The molecule has 3 aromatic carbocycles. The van der Waals surface area contributed by atoms with Crippen molar-refractivity contribution in [1.82, 2.24) is 10.2 Å². The van der Waals surface area contributed by atoms with Crippen LogP contribution in [0.2, 0.25) is 5.02 Å². The number of imide groups is 1. The summed E-state index contributed by atoms with van der Waals surface area (Å²) in [6, 6.07) is 14.4. The van der Waals surface area contributed by atoms with Gasteiger partial charge in [0.05, 0.1) is 38.9 Å². The molecule has 0 bridgehead atoms. The Bertz CT molecular complexity index is 3700. The van der Waals surface area contributed by atoms with E-state index in [4.69, 9.17) is 16.6 Å². The van der Waals surface area contributed by atoms with Crippen LogP contribution in [0.15, 0.2) is 118 Å². The molecule has 4 heterocycles. The molecule has 25 heteroatoms. The fourth-order valence-electron chi connectivity index (χ4n) is 10.0. The van der Waals surface area contributed by atoms with E-state index >= 15 is 0 Å². The predicted molar refractivity (Wildman–Crippen MR) is 295 cm³/mol. The van der Waals surface area contributed by atoms with Gasteiger partial charge < -0.3 is 10.2 Å². The lowest BCUT2D eigenvalue weighted by molar-refractivity contribution is -0.684. The van der Waals surface area contributed by atoms with Gasteiger partial charge in [-0.3, -0.25) is 37.5 Å². The van der Waals surface area contributed by atoms with E-state index in [-0.39, 0.29) is 62.0 Å². The quantitative estimate of drug-likeness (QED) is 0.0154. The summed E-state index contributed by atoms with van der Waals surface area (Å²) in [5.41, 5.74) is 3.62. The van der Waals surface area contributed by atoms with E-state index in [0.717, 1.165) is 27.7 Å². The van der Waals surface area contributed by atoms with E-state index < -0.39 is 84.4 Å². The van der Waals surface area contributed by atoms with E-state index in [2.05, 4.69) is 5.32 Å². The minimum Gasteiger partial charge on any atom is -0.354 e. The molecule has 0 fully saturated rings. The number of allylic oxidation sites excluding steroid dienone is 6. The van der Waals surface area contributed by atoms with Crippen LogP contribution in [0.1, 0.15) is 94.9 Å². The van der Waals surface area contributed by atoms with Crippen LogP contribution in [0.3, 0.4) is 0 Å². The number of nitrogens with one attached hydrogen (secondary N) is 1. The molecule has 3 amide bonds. The van der Waals surface area contributed by atoms with Crippen LogP contribution in [-0.4, -0.2) is 111 Å². The number of nitrogens with zero attached hydrogens (tertiary/aromatic N) is 4. The largest absolute Gasteiger partial charge is 0.354 e. The Labute approximate surface area is 459 Å². The number of amides is 3. The van der Waals surface area contributed by atoms with Crippen molar-refractivity contribution in [3.8, 4) is 0 Å². The van der Waals surface area contributed by atoms with E-state index in [1.807, 2.05) is 91.8 Å². The van der Waals surface area contributed by atoms with Crippen LogP contribution < -0.4 is 14.8 Å². The molecular formula is C53H61ClN5O15S4+. The zero-order chi connectivity index (χ0) is 57.2. The number of carbonyl (C=O) groups is 3. The Morgan fingerprint density at radius 1 is 0.756 bits per heavy atom. The normalized spacial score (nSPS) is 17.0. The van der Waals surface area contributed by atoms with Crippen molar-refractivity contribution in [2.24, 2.45) is 4.99 Å². The third kappa shape index (κ3) is 14.3. The molecule has 0 saturated heterocycles. The maximum absolute atomic E-state index is 12.8. The van der Waals surface area contributed by atoms with Gasteiger partial charge in [-0.25, -0.2) is 4.57 Å². The molecule has 0 spiro atoms. The average molecular weight is 1170 g/mol. The second-order valence-electron chi connectivity index (χ2n) is 20.3. The fourth-order valence-corrected chi connectivity index (χ4v) is 12.7. The van der Waals surface area contributed by atoms with Crippen molar-refractivity contribution in [3.05, 3.63) is 130 Å². The Kier molecular flexibility index (Phi) is 17.9. The number of halogens is 1. The molecule has 418 valence electrons. The topological polar surface area (TPSA) is 303 Å². The highest BCUT2D eigenvalue weighted by Crippen LogP contribution is 2.52. The summed E-state index contributed by atoms with van der Waals surface area (Å²) in [7, 11) is -18.5. The molecule has 0 unspecified atom stereocenters. The molecule has 5 N–H and O–H groups in total. The smallest absolute Gasteiger partial charge is 0.327 e. The standard InChI is InChI=1S/C53H60ClN5O15S4/c1-52(2)42-31-38(54)34-57(25-7-9-28-75(63,64)65)51(42)56-45(52)20-16-36(37-14-11-13-35(30-37)12-5-6-15-47(60)55-24-27-59-48(61)22-23-49(59)62)17-21-46-53(3,4)50-41-32-39(77(69,70)71)33-44(78(72,73)74)40(41)18-19-43(50)58(46)26-8-10-29-76(66,67)68/h11,13-14,16-23,30-34H,5-10,12,15,24-29H2,1-4H3,(H4-,55,60,63,64,65,66,67,68,69,70,71,72,73,74)/p+1. The van der Waals surface area contributed by atoms with Crippen molar-refractivity contribution >= 4 is 103 Å². The third-order valence-corrected chi connectivity index (χ3v) is 17.5. The van der Waals surface area contributed by atoms with Crippen molar-refractivity contribution in [3.63, 3.8) is 0 Å². The molecule has 20 nitrogen and oxygen atoms in total. The number of carbonyl (C=O) groups excluding carboxylic acids is 3. The molecule has 3 aliphatic heterocycles. The van der Waals surface area contributed by atoms with Crippen molar-refractivity contribution in [2.45, 2.75) is 106 Å². The number of benzene rings is 3. The average Bonchev–Trinajstić information content (AvgIpc) is 4.11. The maximum atomic E-state index is 12.8. The Morgan fingerprint density at radius 3 is 2.09 bits per heavy atom. The molecule has 0 aliphatic carbocycles.